The molecule has 1 saturated heterocycles. The van der Waals surface area contributed by atoms with Gasteiger partial charge >= 0.3 is 0 Å². The molecule has 1 amide bonds. The highest BCUT2D eigenvalue weighted by atomic mass is 35.5. The van der Waals surface area contributed by atoms with Crippen molar-refractivity contribution < 1.29 is 14.5 Å². The molecule has 0 radical (unpaired) electrons. The number of methoxy groups -OCH3 is 1. The van der Waals surface area contributed by atoms with Gasteiger partial charge in [0.2, 0.25) is 5.91 Å². The van der Waals surface area contributed by atoms with Crippen molar-refractivity contribution in [2.75, 3.05) is 44.8 Å². The molecule has 126 valence electrons. The van der Waals surface area contributed by atoms with Crippen LogP contribution in [0.5, 0.6) is 0 Å². The summed E-state index contributed by atoms with van der Waals surface area (Å²) in [7, 11) is 1.57. The molecule has 8 heteroatoms. The average Bonchev–Trinajstić information content (AvgIpc) is 2.52. The van der Waals surface area contributed by atoms with Crippen molar-refractivity contribution in [3.8, 4) is 0 Å². The lowest BCUT2D eigenvalue weighted by molar-refractivity contribution is -0.384. The van der Waals surface area contributed by atoms with E-state index in [0.717, 1.165) is 11.3 Å². The van der Waals surface area contributed by atoms with Gasteiger partial charge in [0, 0.05) is 45.4 Å². The Morgan fingerprint density at radius 2 is 2.00 bits per heavy atom. The first kappa shape index (κ1) is 17.5. The number of carbonyl (C=O) groups excluding carboxylic acids is 1. The van der Waals surface area contributed by atoms with Crippen LogP contribution in [0.4, 0.5) is 11.4 Å². The van der Waals surface area contributed by atoms with E-state index in [1.54, 1.807) is 7.11 Å². The predicted molar refractivity (Wildman–Crippen MR) is 88.1 cm³/mol. The van der Waals surface area contributed by atoms with E-state index in [0.29, 0.717) is 44.2 Å². The molecular formula is C15H20ClN3O4. The Kier molecular flexibility index (Phi) is 5.79. The minimum absolute atomic E-state index is 0.00960. The smallest absolute Gasteiger partial charge is 0.271 e. The number of ether oxygens (including phenoxy) is 1. The summed E-state index contributed by atoms with van der Waals surface area (Å²) in [6.45, 7) is 4.75. The number of nitro benzene ring substituents is 1. The van der Waals surface area contributed by atoms with Gasteiger partial charge in [-0.2, -0.15) is 0 Å². The minimum atomic E-state index is -0.449. The first-order valence-corrected chi connectivity index (χ1v) is 7.78. The molecule has 1 aliphatic rings. The lowest BCUT2D eigenvalue weighted by Crippen LogP contribution is -2.49. The van der Waals surface area contributed by atoms with E-state index in [9.17, 15) is 14.9 Å². The molecule has 0 aromatic heterocycles. The number of hydrogen-bond acceptors (Lipinski definition) is 5. The van der Waals surface area contributed by atoms with Gasteiger partial charge in [-0.15, -0.1) is 0 Å². The van der Waals surface area contributed by atoms with Crippen LogP contribution in [-0.4, -0.2) is 55.6 Å². The maximum atomic E-state index is 12.0. The highest BCUT2D eigenvalue weighted by Crippen LogP contribution is 2.34. The molecule has 0 saturated carbocycles. The Balaban J connectivity index is 2.06. The number of rotatable bonds is 5. The van der Waals surface area contributed by atoms with E-state index in [-0.39, 0.29) is 11.6 Å². The highest BCUT2D eigenvalue weighted by molar-refractivity contribution is 6.33. The number of non-ortho nitro benzene ring substituents is 1. The number of halogens is 1. The van der Waals surface area contributed by atoms with Crippen LogP contribution in [0.3, 0.4) is 0 Å². The fourth-order valence-electron chi connectivity index (χ4n) is 2.75. The summed E-state index contributed by atoms with van der Waals surface area (Å²) < 4.78 is 4.93. The number of aryl methyl sites for hydroxylation is 1. The van der Waals surface area contributed by atoms with Crippen molar-refractivity contribution in [1.29, 1.82) is 0 Å². The van der Waals surface area contributed by atoms with E-state index in [1.165, 1.54) is 12.1 Å². The quantitative estimate of drug-likeness (QED) is 0.606. The largest absolute Gasteiger partial charge is 0.384 e. The Hall–Kier alpha value is -1.86. The van der Waals surface area contributed by atoms with E-state index >= 15 is 0 Å². The number of anilines is 1. The lowest BCUT2D eigenvalue weighted by Gasteiger charge is -2.37. The van der Waals surface area contributed by atoms with E-state index < -0.39 is 4.92 Å². The van der Waals surface area contributed by atoms with Gasteiger partial charge in [-0.25, -0.2) is 0 Å². The number of nitrogens with zero attached hydrogens (tertiary/aromatic N) is 3. The first-order valence-electron chi connectivity index (χ1n) is 7.40. The topological polar surface area (TPSA) is 75.9 Å². The van der Waals surface area contributed by atoms with Crippen molar-refractivity contribution in [2.45, 2.75) is 13.3 Å². The average molecular weight is 342 g/mol. The lowest BCUT2D eigenvalue weighted by atomic mass is 10.1. The summed E-state index contributed by atoms with van der Waals surface area (Å²) in [6.07, 6.45) is 0.383. The molecule has 1 aromatic carbocycles. The molecule has 0 N–H and O–H groups in total. The fraction of sp³-hybridized carbons (Fsp3) is 0.533. The van der Waals surface area contributed by atoms with Crippen LogP contribution in [0.25, 0.3) is 0 Å². The van der Waals surface area contributed by atoms with Gasteiger partial charge in [0.05, 0.1) is 28.7 Å². The molecule has 0 spiro atoms. The predicted octanol–water partition coefficient (Wildman–Crippen LogP) is 2.24. The molecule has 1 aromatic rings. The second-order valence-electron chi connectivity index (χ2n) is 5.46. The van der Waals surface area contributed by atoms with Crippen LogP contribution in [0.15, 0.2) is 12.1 Å². The minimum Gasteiger partial charge on any atom is -0.384 e. The van der Waals surface area contributed by atoms with Crippen molar-refractivity contribution in [3.63, 3.8) is 0 Å². The summed E-state index contributed by atoms with van der Waals surface area (Å²) in [5, 5.41) is 11.2. The Bertz CT molecular complexity index is 577. The third-order valence-corrected chi connectivity index (χ3v) is 4.21. The van der Waals surface area contributed by atoms with Crippen LogP contribution < -0.4 is 4.90 Å². The zero-order valence-electron chi connectivity index (χ0n) is 13.2. The standard InChI is InChI=1S/C15H20ClN3O4/c1-11-9-12(19(21)22)10-13(16)15(11)18-6-4-17(5-7-18)14(20)3-8-23-2/h9-10H,3-8H2,1-2H3. The molecule has 0 atom stereocenters. The number of piperazine rings is 1. The Morgan fingerprint density at radius 1 is 1.35 bits per heavy atom. The van der Waals surface area contributed by atoms with Gasteiger partial charge < -0.3 is 14.5 Å². The first-order chi connectivity index (χ1) is 10.9. The van der Waals surface area contributed by atoms with Gasteiger partial charge in [-0.3, -0.25) is 14.9 Å². The van der Waals surface area contributed by atoms with Crippen LogP contribution in [0, 0.1) is 17.0 Å². The third-order valence-electron chi connectivity index (χ3n) is 3.92. The van der Waals surface area contributed by atoms with Gasteiger partial charge in [0.1, 0.15) is 0 Å². The second kappa shape index (κ2) is 7.61. The van der Waals surface area contributed by atoms with Crippen LogP contribution >= 0.6 is 11.6 Å². The van der Waals surface area contributed by atoms with Gasteiger partial charge in [0.25, 0.3) is 5.69 Å². The third kappa shape index (κ3) is 4.11. The number of benzene rings is 1. The fourth-order valence-corrected chi connectivity index (χ4v) is 3.13. The molecule has 1 aliphatic heterocycles. The van der Waals surface area contributed by atoms with Crippen molar-refractivity contribution in [3.05, 3.63) is 32.8 Å². The monoisotopic (exact) mass is 341 g/mol. The molecule has 23 heavy (non-hydrogen) atoms. The molecule has 1 fully saturated rings. The van der Waals surface area contributed by atoms with Crippen LogP contribution in [-0.2, 0) is 9.53 Å². The summed E-state index contributed by atoms with van der Waals surface area (Å²) in [5.41, 5.74) is 1.56. The van der Waals surface area contributed by atoms with Crippen molar-refractivity contribution >= 4 is 28.9 Å². The maximum absolute atomic E-state index is 12.0. The number of amides is 1. The number of hydrogen-bond donors (Lipinski definition) is 0. The second-order valence-corrected chi connectivity index (χ2v) is 5.87. The van der Waals surface area contributed by atoms with Crippen LogP contribution in [0.1, 0.15) is 12.0 Å². The summed E-state index contributed by atoms with van der Waals surface area (Å²) in [5.74, 6) is 0.0815. The van der Waals surface area contributed by atoms with Gasteiger partial charge in [-0.1, -0.05) is 11.6 Å². The number of nitro groups is 1. The molecular weight excluding hydrogens is 322 g/mol. The molecule has 0 unspecified atom stereocenters. The van der Waals surface area contributed by atoms with Gasteiger partial charge in [-0.05, 0) is 12.5 Å². The highest BCUT2D eigenvalue weighted by Gasteiger charge is 2.24. The molecule has 0 bridgehead atoms. The van der Waals surface area contributed by atoms with Crippen LogP contribution in [0.2, 0.25) is 5.02 Å². The summed E-state index contributed by atoms with van der Waals surface area (Å²) in [4.78, 5) is 26.3. The van der Waals surface area contributed by atoms with Gasteiger partial charge in [0.15, 0.2) is 0 Å². The Morgan fingerprint density at radius 3 is 2.52 bits per heavy atom. The summed E-state index contributed by atoms with van der Waals surface area (Å²) in [6, 6.07) is 2.90. The normalized spacial score (nSPS) is 14.9. The SMILES string of the molecule is COCCC(=O)N1CCN(c2c(C)cc([N+](=O)[O-])cc2Cl)CC1. The Labute approximate surface area is 139 Å². The van der Waals surface area contributed by atoms with Crippen molar-refractivity contribution in [1.82, 2.24) is 4.90 Å². The van der Waals surface area contributed by atoms with Crippen molar-refractivity contribution in [2.24, 2.45) is 0 Å². The van der Waals surface area contributed by atoms with E-state index in [2.05, 4.69) is 4.90 Å². The summed E-state index contributed by atoms with van der Waals surface area (Å²) >= 11 is 6.24. The molecule has 0 aliphatic carbocycles. The van der Waals surface area contributed by atoms with E-state index in [1.807, 2.05) is 11.8 Å². The maximum Gasteiger partial charge on any atom is 0.271 e. The molecule has 7 nitrogen and oxygen atoms in total. The molecule has 2 rings (SSSR count). The zero-order chi connectivity index (χ0) is 17.0. The zero-order valence-corrected chi connectivity index (χ0v) is 14.0. The van der Waals surface area contributed by atoms with E-state index in [4.69, 9.17) is 16.3 Å². The number of carbonyl (C=O) groups is 1. The molecule has 1 heterocycles.